The Kier molecular flexibility index (Phi) is 3.93. The van der Waals surface area contributed by atoms with Crippen LogP contribution in [0.3, 0.4) is 0 Å². The van der Waals surface area contributed by atoms with Crippen LogP contribution in [0.15, 0.2) is 4.42 Å². The Morgan fingerprint density at radius 1 is 0.917 bits per heavy atom. The Balaban J connectivity index is 0.00000121. The molecule has 3 nitrogen and oxygen atoms in total. The molecule has 0 radical (unpaired) electrons. The summed E-state index contributed by atoms with van der Waals surface area (Å²) in [5.41, 5.74) is 0. The zero-order valence-electron chi connectivity index (χ0n) is 7.46. The molecule has 0 bridgehead atoms. The van der Waals surface area contributed by atoms with E-state index in [1.165, 1.54) is 0 Å². The predicted octanol–water partition coefficient (Wildman–Crippen LogP) is 2.95. The summed E-state index contributed by atoms with van der Waals surface area (Å²) in [4.78, 5) is 0. The molecule has 0 spiro atoms. The second-order valence-electron chi connectivity index (χ2n) is 3.29. The predicted molar refractivity (Wildman–Crippen MR) is 49.2 cm³/mol. The third-order valence-corrected chi connectivity index (χ3v) is 1.44. The van der Waals surface area contributed by atoms with Crippen molar-refractivity contribution in [3.8, 4) is 0 Å². The fourth-order valence-electron chi connectivity index (χ4n) is 0.713. The van der Waals surface area contributed by atoms with Gasteiger partial charge in [-0.2, -0.15) is 0 Å². The van der Waals surface area contributed by atoms with Gasteiger partial charge < -0.3 is 4.42 Å². The summed E-state index contributed by atoms with van der Waals surface area (Å²) in [6.45, 7) is 8.16. The highest BCUT2D eigenvalue weighted by atomic mass is 16.4. The van der Waals surface area contributed by atoms with Gasteiger partial charge in [0.2, 0.25) is 11.8 Å². The smallest absolute Gasteiger partial charge is 0.219 e. The normalized spacial score (nSPS) is 10.5. The fraction of sp³-hybridized carbons (Fsp3) is 0.778. The SMILES string of the molecule is C.CC(C)c1nnc(C(C)C)o1. The average molecular weight is 170 g/mol. The molecule has 0 aromatic carbocycles. The molecule has 0 amide bonds. The summed E-state index contributed by atoms with van der Waals surface area (Å²) in [5.74, 6) is 2.12. The van der Waals surface area contributed by atoms with E-state index >= 15 is 0 Å². The molecular weight excluding hydrogens is 152 g/mol. The van der Waals surface area contributed by atoms with E-state index in [0.717, 1.165) is 11.8 Å². The molecule has 1 rings (SSSR count). The van der Waals surface area contributed by atoms with Crippen LogP contribution >= 0.6 is 0 Å². The average Bonchev–Trinajstić information content (AvgIpc) is 2.33. The van der Waals surface area contributed by atoms with E-state index in [1.807, 2.05) is 27.7 Å². The zero-order valence-corrected chi connectivity index (χ0v) is 7.46. The molecule has 0 aliphatic rings. The van der Waals surface area contributed by atoms with E-state index in [9.17, 15) is 0 Å². The van der Waals surface area contributed by atoms with E-state index in [2.05, 4.69) is 10.2 Å². The van der Waals surface area contributed by atoms with Crippen molar-refractivity contribution in [2.75, 3.05) is 0 Å². The third kappa shape index (κ3) is 2.32. The molecule has 0 saturated heterocycles. The van der Waals surface area contributed by atoms with Gasteiger partial charge in [-0.3, -0.25) is 0 Å². The van der Waals surface area contributed by atoms with Crippen LogP contribution in [0, 0.1) is 0 Å². The van der Waals surface area contributed by atoms with Gasteiger partial charge in [-0.05, 0) is 0 Å². The summed E-state index contributed by atoms with van der Waals surface area (Å²) in [6.07, 6.45) is 0. The quantitative estimate of drug-likeness (QED) is 0.685. The Hall–Kier alpha value is -0.860. The van der Waals surface area contributed by atoms with Gasteiger partial charge >= 0.3 is 0 Å². The van der Waals surface area contributed by atoms with Crippen molar-refractivity contribution in [1.29, 1.82) is 0 Å². The Bertz CT molecular complexity index is 206. The maximum atomic E-state index is 5.38. The number of rotatable bonds is 2. The maximum Gasteiger partial charge on any atom is 0.219 e. The molecule has 12 heavy (non-hydrogen) atoms. The molecule has 0 atom stereocenters. The van der Waals surface area contributed by atoms with Crippen LogP contribution in [0.4, 0.5) is 0 Å². The first-order chi connectivity index (χ1) is 5.11. The Morgan fingerprint density at radius 2 is 1.25 bits per heavy atom. The molecule has 0 saturated carbocycles. The van der Waals surface area contributed by atoms with Crippen molar-refractivity contribution in [1.82, 2.24) is 10.2 Å². The van der Waals surface area contributed by atoms with Gasteiger partial charge in [0, 0.05) is 11.8 Å². The van der Waals surface area contributed by atoms with Crippen LogP contribution in [-0.2, 0) is 0 Å². The van der Waals surface area contributed by atoms with Gasteiger partial charge in [0.05, 0.1) is 0 Å². The van der Waals surface area contributed by atoms with Gasteiger partial charge in [-0.25, -0.2) is 0 Å². The van der Waals surface area contributed by atoms with Crippen molar-refractivity contribution in [2.24, 2.45) is 0 Å². The zero-order chi connectivity index (χ0) is 8.43. The van der Waals surface area contributed by atoms with Crippen molar-refractivity contribution in [3.63, 3.8) is 0 Å². The van der Waals surface area contributed by atoms with Crippen LogP contribution in [0.25, 0.3) is 0 Å². The van der Waals surface area contributed by atoms with Gasteiger partial charge in [0.1, 0.15) is 0 Å². The standard InChI is InChI=1S/C8H14N2O.CH4/c1-5(2)7-9-10-8(11-7)6(3)4;/h5-6H,1-4H3;1H4. The molecule has 0 aliphatic carbocycles. The summed E-state index contributed by atoms with van der Waals surface area (Å²) >= 11 is 0. The molecular formula is C9H18N2O. The fourth-order valence-corrected chi connectivity index (χ4v) is 0.713. The second-order valence-corrected chi connectivity index (χ2v) is 3.29. The second kappa shape index (κ2) is 4.24. The van der Waals surface area contributed by atoms with Crippen molar-refractivity contribution < 1.29 is 4.42 Å². The highest BCUT2D eigenvalue weighted by Gasteiger charge is 2.11. The lowest BCUT2D eigenvalue weighted by Gasteiger charge is -1.96. The van der Waals surface area contributed by atoms with Crippen molar-refractivity contribution >= 4 is 0 Å². The summed E-state index contributed by atoms with van der Waals surface area (Å²) in [6, 6.07) is 0. The molecule has 1 aromatic heterocycles. The molecule has 0 fully saturated rings. The van der Waals surface area contributed by atoms with Crippen LogP contribution in [0.5, 0.6) is 0 Å². The number of hydrogen-bond acceptors (Lipinski definition) is 3. The van der Waals surface area contributed by atoms with Crippen molar-refractivity contribution in [2.45, 2.75) is 47.0 Å². The largest absolute Gasteiger partial charge is 0.425 e. The van der Waals surface area contributed by atoms with Crippen LogP contribution < -0.4 is 0 Å². The van der Waals surface area contributed by atoms with Gasteiger partial charge in [0.25, 0.3) is 0 Å². The minimum absolute atomic E-state index is 0. The first-order valence-corrected chi connectivity index (χ1v) is 3.94. The van der Waals surface area contributed by atoms with Gasteiger partial charge in [0.15, 0.2) is 0 Å². The summed E-state index contributed by atoms with van der Waals surface area (Å²) < 4.78 is 5.38. The minimum atomic E-state index is 0. The Morgan fingerprint density at radius 3 is 1.42 bits per heavy atom. The topological polar surface area (TPSA) is 38.9 Å². The van der Waals surface area contributed by atoms with Crippen LogP contribution in [0.2, 0.25) is 0 Å². The minimum Gasteiger partial charge on any atom is -0.425 e. The molecule has 1 heterocycles. The van der Waals surface area contributed by atoms with E-state index in [-0.39, 0.29) is 7.43 Å². The maximum absolute atomic E-state index is 5.38. The summed E-state index contributed by atoms with van der Waals surface area (Å²) in [7, 11) is 0. The van der Waals surface area contributed by atoms with E-state index < -0.39 is 0 Å². The van der Waals surface area contributed by atoms with Crippen LogP contribution in [0.1, 0.15) is 58.7 Å². The lowest BCUT2D eigenvalue weighted by molar-refractivity contribution is 0.417. The van der Waals surface area contributed by atoms with Gasteiger partial charge in [-0.15, -0.1) is 10.2 Å². The Labute approximate surface area is 74.2 Å². The first-order valence-electron chi connectivity index (χ1n) is 3.94. The highest BCUT2D eigenvalue weighted by molar-refractivity contribution is 4.90. The molecule has 70 valence electrons. The highest BCUT2D eigenvalue weighted by Crippen LogP contribution is 2.16. The number of aromatic nitrogens is 2. The molecule has 0 N–H and O–H groups in total. The van der Waals surface area contributed by atoms with E-state index in [0.29, 0.717) is 11.8 Å². The van der Waals surface area contributed by atoms with E-state index in [1.54, 1.807) is 0 Å². The number of hydrogen-bond donors (Lipinski definition) is 0. The number of nitrogens with zero attached hydrogens (tertiary/aromatic N) is 2. The molecule has 0 aliphatic heterocycles. The first kappa shape index (κ1) is 11.1. The molecule has 1 aromatic rings. The lowest BCUT2D eigenvalue weighted by Crippen LogP contribution is -1.85. The molecule has 3 heteroatoms. The monoisotopic (exact) mass is 170 g/mol. The molecule has 0 unspecified atom stereocenters. The van der Waals surface area contributed by atoms with Crippen molar-refractivity contribution in [3.05, 3.63) is 11.8 Å². The third-order valence-electron chi connectivity index (χ3n) is 1.44. The van der Waals surface area contributed by atoms with Gasteiger partial charge in [-0.1, -0.05) is 35.1 Å². The van der Waals surface area contributed by atoms with E-state index in [4.69, 9.17) is 4.42 Å². The summed E-state index contributed by atoms with van der Waals surface area (Å²) in [5, 5.41) is 7.84. The lowest BCUT2D eigenvalue weighted by atomic mass is 10.2. The van der Waals surface area contributed by atoms with Crippen LogP contribution in [-0.4, -0.2) is 10.2 Å².